The van der Waals surface area contributed by atoms with Gasteiger partial charge in [0.25, 0.3) is 5.91 Å². The van der Waals surface area contributed by atoms with Crippen LogP contribution in [0.2, 0.25) is 0 Å². The number of methoxy groups -OCH3 is 1. The van der Waals surface area contributed by atoms with Crippen molar-refractivity contribution in [3.05, 3.63) is 109 Å². The van der Waals surface area contributed by atoms with Gasteiger partial charge in [0.2, 0.25) is 0 Å². The molecule has 0 bridgehead atoms. The standard InChI is InChI=1S/C35H36N2O3P.HI/c1-39-33-24-31-32(36-26-27-14-13-21-37(27)35(31)38)25-34(33)40-22-11-12-23-41(28-15-5-2-6-16-28,29-17-7-3-8-18-29)30-19-9-4-10-20-30;/h2-10,15-20,24-27H,11-14,21-23H2,1H3;1H/q+1;/p-1/t27-;/m0./s1. The van der Waals surface area contributed by atoms with Crippen LogP contribution in [-0.2, 0) is 0 Å². The highest BCUT2D eigenvalue weighted by atomic mass is 127. The zero-order valence-corrected chi connectivity index (χ0v) is 26.9. The fourth-order valence-corrected chi connectivity index (χ4v) is 10.5. The summed E-state index contributed by atoms with van der Waals surface area (Å²) in [5.41, 5.74) is 1.24. The second-order valence-corrected chi connectivity index (χ2v) is 14.2. The second-order valence-electron chi connectivity index (χ2n) is 10.6. The van der Waals surface area contributed by atoms with E-state index in [0.717, 1.165) is 38.4 Å². The molecule has 1 atom stereocenters. The zero-order chi connectivity index (χ0) is 28.1. The number of carbonyl (C=O) groups is 1. The Labute approximate surface area is 266 Å². The van der Waals surface area contributed by atoms with Gasteiger partial charge in [-0.1, -0.05) is 54.6 Å². The van der Waals surface area contributed by atoms with Crippen LogP contribution in [0.3, 0.4) is 0 Å². The highest BCUT2D eigenvalue weighted by Gasteiger charge is 2.44. The Hall–Kier alpha value is -3.22. The summed E-state index contributed by atoms with van der Waals surface area (Å²) in [6, 6.07) is 36.7. The number of hydrogen-bond donors (Lipinski definition) is 0. The molecule has 0 N–H and O–H groups in total. The van der Waals surface area contributed by atoms with Gasteiger partial charge in [0, 0.05) is 18.8 Å². The molecule has 42 heavy (non-hydrogen) atoms. The number of benzene rings is 4. The molecule has 216 valence electrons. The molecule has 2 heterocycles. The Bertz CT molecular complexity index is 1420. The minimum absolute atomic E-state index is 0. The Morgan fingerprint density at radius 2 is 1.43 bits per heavy atom. The van der Waals surface area contributed by atoms with Crippen molar-refractivity contribution in [2.24, 2.45) is 4.99 Å². The quantitative estimate of drug-likeness (QED) is 0.146. The first kappa shape index (κ1) is 30.2. The number of halogens is 1. The molecule has 1 fully saturated rings. The lowest BCUT2D eigenvalue weighted by atomic mass is 10.1. The summed E-state index contributed by atoms with van der Waals surface area (Å²) in [4.78, 5) is 19.8. The van der Waals surface area contributed by atoms with Crippen molar-refractivity contribution in [1.82, 2.24) is 4.90 Å². The second kappa shape index (κ2) is 13.8. The summed E-state index contributed by atoms with van der Waals surface area (Å²) in [5, 5.41) is 4.19. The lowest BCUT2D eigenvalue weighted by molar-refractivity contribution is -0.0000186. The van der Waals surface area contributed by atoms with Gasteiger partial charge in [-0.05, 0) is 68.1 Å². The molecule has 4 aromatic carbocycles. The first-order chi connectivity index (χ1) is 20.2. The Morgan fingerprint density at radius 1 is 0.833 bits per heavy atom. The van der Waals surface area contributed by atoms with Gasteiger partial charge in [0.1, 0.15) is 23.2 Å². The summed E-state index contributed by atoms with van der Waals surface area (Å²) in [6.45, 7) is 1.33. The number of carbonyl (C=O) groups excluding carboxylic acids is 1. The van der Waals surface area contributed by atoms with Crippen LogP contribution >= 0.6 is 7.26 Å². The molecule has 0 radical (unpaired) electrons. The van der Waals surface area contributed by atoms with Crippen LogP contribution in [-0.4, -0.2) is 49.5 Å². The summed E-state index contributed by atoms with van der Waals surface area (Å²) in [6.07, 6.45) is 6.83. The van der Waals surface area contributed by atoms with E-state index in [2.05, 4.69) is 96.0 Å². The fourth-order valence-electron chi connectivity index (χ4n) is 6.14. The summed E-state index contributed by atoms with van der Waals surface area (Å²) in [5.74, 6) is 1.23. The highest BCUT2D eigenvalue weighted by molar-refractivity contribution is 7.95. The number of unbranched alkanes of at least 4 members (excludes halogenated alkanes) is 1. The number of rotatable bonds is 10. The molecular formula is C35H36IN2O3P. The number of nitrogens with zero attached hydrogens (tertiary/aromatic N) is 2. The van der Waals surface area contributed by atoms with E-state index in [-0.39, 0.29) is 35.9 Å². The van der Waals surface area contributed by atoms with Gasteiger partial charge in [-0.15, -0.1) is 0 Å². The number of aliphatic imine (C=N–C) groups is 1. The topological polar surface area (TPSA) is 51.1 Å². The lowest BCUT2D eigenvalue weighted by Gasteiger charge is -2.27. The van der Waals surface area contributed by atoms with Crippen molar-refractivity contribution in [1.29, 1.82) is 0 Å². The third-order valence-corrected chi connectivity index (χ3v) is 12.7. The minimum atomic E-state index is -1.86. The molecule has 0 unspecified atom stereocenters. The first-order valence-electron chi connectivity index (χ1n) is 14.5. The molecule has 2 aliphatic heterocycles. The van der Waals surface area contributed by atoms with E-state index in [1.54, 1.807) is 13.2 Å². The largest absolute Gasteiger partial charge is 1.00 e. The van der Waals surface area contributed by atoms with Gasteiger partial charge in [0.05, 0.1) is 37.2 Å². The van der Waals surface area contributed by atoms with Crippen molar-refractivity contribution < 1.29 is 38.2 Å². The van der Waals surface area contributed by atoms with Crippen LogP contribution in [0.25, 0.3) is 0 Å². The third-order valence-electron chi connectivity index (χ3n) is 8.19. The first-order valence-corrected chi connectivity index (χ1v) is 16.4. The molecule has 0 spiro atoms. The van der Waals surface area contributed by atoms with Gasteiger partial charge < -0.3 is 38.4 Å². The maximum absolute atomic E-state index is 13.2. The molecule has 6 rings (SSSR count). The minimum Gasteiger partial charge on any atom is -1.00 e. The van der Waals surface area contributed by atoms with Crippen LogP contribution < -0.4 is 49.4 Å². The van der Waals surface area contributed by atoms with Crippen molar-refractivity contribution >= 4 is 41.0 Å². The van der Waals surface area contributed by atoms with Crippen LogP contribution in [0.15, 0.2) is 108 Å². The molecule has 1 amide bonds. The fraction of sp³-hybridized carbons (Fsp3) is 0.257. The average Bonchev–Trinajstić information content (AvgIpc) is 3.47. The SMILES string of the molecule is COc1cc2c(cc1OCCCC[P+](c1ccccc1)(c1ccccc1)c1ccccc1)N=C[C@@H]1CCCN1C2=O.[I-]. The Balaban J connectivity index is 0.00000353. The number of fused-ring (bicyclic) bond motifs is 2. The van der Waals surface area contributed by atoms with Crippen molar-refractivity contribution in [2.45, 2.75) is 31.7 Å². The molecule has 2 aliphatic rings. The van der Waals surface area contributed by atoms with E-state index in [1.165, 1.54) is 15.9 Å². The van der Waals surface area contributed by atoms with Gasteiger partial charge in [-0.2, -0.15) is 0 Å². The summed E-state index contributed by atoms with van der Waals surface area (Å²) >= 11 is 0. The predicted molar refractivity (Wildman–Crippen MR) is 170 cm³/mol. The summed E-state index contributed by atoms with van der Waals surface area (Å²) < 4.78 is 11.9. The Kier molecular flexibility index (Phi) is 9.96. The normalized spacial score (nSPS) is 15.8. The lowest BCUT2D eigenvalue weighted by Crippen LogP contribution is -3.00. The number of hydrogen-bond acceptors (Lipinski definition) is 4. The smallest absolute Gasteiger partial charge is 0.256 e. The molecule has 7 heteroatoms. The Morgan fingerprint density at radius 3 is 2.00 bits per heavy atom. The van der Waals surface area contributed by atoms with Crippen LogP contribution in [0.1, 0.15) is 36.0 Å². The summed E-state index contributed by atoms with van der Waals surface area (Å²) in [7, 11) is -0.238. The van der Waals surface area contributed by atoms with Crippen molar-refractivity contribution in [3.8, 4) is 11.5 Å². The third kappa shape index (κ3) is 5.97. The molecule has 5 nitrogen and oxygen atoms in total. The number of amides is 1. The molecule has 0 aliphatic carbocycles. The van der Waals surface area contributed by atoms with Gasteiger partial charge >= 0.3 is 0 Å². The van der Waals surface area contributed by atoms with Crippen LogP contribution in [0, 0.1) is 0 Å². The van der Waals surface area contributed by atoms with Crippen molar-refractivity contribution in [3.63, 3.8) is 0 Å². The van der Waals surface area contributed by atoms with Crippen LogP contribution in [0.5, 0.6) is 11.5 Å². The van der Waals surface area contributed by atoms with E-state index in [1.807, 2.05) is 17.2 Å². The highest BCUT2D eigenvalue weighted by Crippen LogP contribution is 2.56. The number of ether oxygens (including phenoxy) is 2. The monoisotopic (exact) mass is 690 g/mol. The molecular weight excluding hydrogens is 654 g/mol. The molecule has 0 aromatic heterocycles. The van der Waals surface area contributed by atoms with E-state index in [9.17, 15) is 4.79 Å². The van der Waals surface area contributed by atoms with Crippen LogP contribution in [0.4, 0.5) is 5.69 Å². The average molecular weight is 691 g/mol. The van der Waals surface area contributed by atoms with E-state index in [4.69, 9.17) is 9.47 Å². The molecule has 4 aromatic rings. The van der Waals surface area contributed by atoms with Gasteiger partial charge in [0.15, 0.2) is 11.5 Å². The van der Waals surface area contributed by atoms with E-state index >= 15 is 0 Å². The predicted octanol–water partition coefficient (Wildman–Crippen LogP) is 3.17. The molecule has 1 saturated heterocycles. The van der Waals surface area contributed by atoms with Gasteiger partial charge in [-0.3, -0.25) is 9.79 Å². The molecule has 0 saturated carbocycles. The van der Waals surface area contributed by atoms with Gasteiger partial charge in [-0.25, -0.2) is 0 Å². The van der Waals surface area contributed by atoms with E-state index < -0.39 is 7.26 Å². The van der Waals surface area contributed by atoms with E-state index in [0.29, 0.717) is 29.4 Å². The van der Waals surface area contributed by atoms with Crippen molar-refractivity contribution in [2.75, 3.05) is 26.4 Å². The maximum atomic E-state index is 13.2. The maximum Gasteiger partial charge on any atom is 0.256 e. The zero-order valence-electron chi connectivity index (χ0n) is 23.9.